The average Bonchev–Trinajstić information content (AvgIpc) is 3.06. The Hall–Kier alpha value is -1.92. The van der Waals surface area contributed by atoms with Gasteiger partial charge in [0.25, 0.3) is 11.8 Å². The lowest BCUT2D eigenvalue weighted by molar-refractivity contribution is -0.434. The Labute approximate surface area is 104 Å². The zero-order chi connectivity index (χ0) is 13.7. The van der Waals surface area contributed by atoms with E-state index in [9.17, 15) is 19.7 Å². The van der Waals surface area contributed by atoms with E-state index in [-0.39, 0.29) is 12.5 Å². The summed E-state index contributed by atoms with van der Waals surface area (Å²) in [6, 6.07) is 0. The second kappa shape index (κ2) is 6.13. The molecule has 0 aromatic carbocycles. The number of hydrogen-bond acceptors (Lipinski definition) is 6. The fourth-order valence-electron chi connectivity index (χ4n) is 1.36. The van der Waals surface area contributed by atoms with E-state index >= 15 is 0 Å². The van der Waals surface area contributed by atoms with Gasteiger partial charge < -0.3 is 9.47 Å². The largest absolute Gasteiger partial charge is 0.463 e. The molecule has 1 saturated carbocycles. The summed E-state index contributed by atoms with van der Waals surface area (Å²) in [4.78, 5) is 32.7. The molecule has 0 spiro atoms. The molecule has 1 rings (SSSR count). The van der Waals surface area contributed by atoms with Gasteiger partial charge in [0.2, 0.25) is 0 Å². The molecule has 0 heterocycles. The van der Waals surface area contributed by atoms with Crippen LogP contribution in [0.5, 0.6) is 0 Å². The highest BCUT2D eigenvalue weighted by molar-refractivity contribution is 5.81. The molecule has 0 N–H and O–H groups in total. The lowest BCUT2D eigenvalue weighted by Crippen LogP contribution is -2.33. The van der Waals surface area contributed by atoms with Crippen LogP contribution in [0.3, 0.4) is 0 Å². The van der Waals surface area contributed by atoms with Crippen molar-refractivity contribution in [3.8, 4) is 0 Å². The van der Waals surface area contributed by atoms with Gasteiger partial charge in [0, 0.05) is 6.92 Å². The standard InChI is InChI=1S/C11H15NO6/c1-3-17-11(14)10(18-7(2)13)9(12(15)16)6-8-4-5-8/h6,8,10H,3-5H2,1-2H3/b9-6+. The van der Waals surface area contributed by atoms with Gasteiger partial charge >= 0.3 is 11.9 Å². The number of hydrogen-bond donors (Lipinski definition) is 0. The third kappa shape index (κ3) is 4.15. The smallest absolute Gasteiger partial charge is 0.358 e. The van der Waals surface area contributed by atoms with Crippen LogP contribution < -0.4 is 0 Å². The minimum atomic E-state index is -1.59. The number of esters is 2. The average molecular weight is 257 g/mol. The van der Waals surface area contributed by atoms with Gasteiger partial charge in [-0.25, -0.2) is 4.79 Å². The van der Waals surface area contributed by atoms with E-state index in [0.29, 0.717) is 0 Å². The predicted octanol–water partition coefficient (Wildman–Crippen LogP) is 1.05. The minimum absolute atomic E-state index is 0.0605. The molecule has 1 aliphatic carbocycles. The molecule has 7 nitrogen and oxygen atoms in total. The summed E-state index contributed by atoms with van der Waals surface area (Å²) in [7, 11) is 0. The maximum atomic E-state index is 11.6. The van der Waals surface area contributed by atoms with Gasteiger partial charge in [0.05, 0.1) is 11.5 Å². The van der Waals surface area contributed by atoms with Crippen molar-refractivity contribution in [3.05, 3.63) is 21.9 Å². The molecule has 18 heavy (non-hydrogen) atoms. The fourth-order valence-corrected chi connectivity index (χ4v) is 1.36. The monoisotopic (exact) mass is 257 g/mol. The first-order chi connectivity index (χ1) is 8.45. The van der Waals surface area contributed by atoms with Crippen molar-refractivity contribution >= 4 is 11.9 Å². The van der Waals surface area contributed by atoms with Crippen molar-refractivity contribution in [1.82, 2.24) is 0 Å². The Morgan fingerprint density at radius 3 is 2.50 bits per heavy atom. The van der Waals surface area contributed by atoms with E-state index in [1.807, 2.05) is 0 Å². The normalized spacial score (nSPS) is 16.9. The van der Waals surface area contributed by atoms with Crippen LogP contribution in [-0.4, -0.2) is 29.6 Å². The van der Waals surface area contributed by atoms with Crippen LogP contribution in [0.1, 0.15) is 26.7 Å². The molecule has 7 heteroatoms. The van der Waals surface area contributed by atoms with Crippen molar-refractivity contribution in [1.29, 1.82) is 0 Å². The molecular formula is C11H15NO6. The van der Waals surface area contributed by atoms with Crippen molar-refractivity contribution in [2.45, 2.75) is 32.8 Å². The molecule has 100 valence electrons. The fraction of sp³-hybridized carbons (Fsp3) is 0.636. The third-order valence-corrected chi connectivity index (χ3v) is 2.29. The molecule has 1 fully saturated rings. The summed E-state index contributed by atoms with van der Waals surface area (Å²) in [6.07, 6.45) is 1.46. The number of rotatable bonds is 6. The Balaban J connectivity index is 2.93. The van der Waals surface area contributed by atoms with Gasteiger partial charge in [-0.3, -0.25) is 14.9 Å². The Morgan fingerprint density at radius 1 is 1.50 bits per heavy atom. The second-order valence-electron chi connectivity index (χ2n) is 3.93. The van der Waals surface area contributed by atoms with Crippen LogP contribution in [-0.2, 0) is 19.1 Å². The lowest BCUT2D eigenvalue weighted by atomic mass is 10.2. The van der Waals surface area contributed by atoms with Crippen molar-refractivity contribution < 1.29 is 24.0 Å². The van der Waals surface area contributed by atoms with E-state index < -0.39 is 28.7 Å². The van der Waals surface area contributed by atoms with Gasteiger partial charge in [-0.15, -0.1) is 0 Å². The number of ether oxygens (including phenoxy) is 2. The van der Waals surface area contributed by atoms with Gasteiger partial charge in [0.15, 0.2) is 0 Å². The number of allylic oxidation sites excluding steroid dienone is 1. The number of nitrogens with zero attached hydrogens (tertiary/aromatic N) is 1. The second-order valence-corrected chi connectivity index (χ2v) is 3.93. The molecule has 1 unspecified atom stereocenters. The first-order valence-corrected chi connectivity index (χ1v) is 5.65. The Bertz CT molecular complexity index is 385. The molecule has 0 aromatic heterocycles. The molecule has 1 atom stereocenters. The predicted molar refractivity (Wildman–Crippen MR) is 60.0 cm³/mol. The number of carbonyl (C=O) groups is 2. The third-order valence-electron chi connectivity index (χ3n) is 2.29. The van der Waals surface area contributed by atoms with Crippen LogP contribution in [0, 0.1) is 16.0 Å². The molecule has 0 saturated heterocycles. The summed E-state index contributed by atoms with van der Waals surface area (Å²) < 4.78 is 9.37. The molecule has 0 aliphatic heterocycles. The van der Waals surface area contributed by atoms with Gasteiger partial charge in [-0.2, -0.15) is 0 Å². The molecule has 1 aliphatic rings. The maximum absolute atomic E-state index is 11.6. The molecule has 0 radical (unpaired) electrons. The summed E-state index contributed by atoms with van der Waals surface area (Å²) in [5.74, 6) is -1.61. The maximum Gasteiger partial charge on any atom is 0.358 e. The summed E-state index contributed by atoms with van der Waals surface area (Å²) in [6.45, 7) is 2.71. The number of carbonyl (C=O) groups excluding carboxylic acids is 2. The Kier molecular flexibility index (Phi) is 4.82. The van der Waals surface area contributed by atoms with E-state index in [0.717, 1.165) is 19.8 Å². The molecular weight excluding hydrogens is 242 g/mol. The molecule has 0 aromatic rings. The molecule has 0 amide bonds. The first-order valence-electron chi connectivity index (χ1n) is 5.65. The quantitative estimate of drug-likeness (QED) is 0.401. The minimum Gasteiger partial charge on any atom is -0.463 e. The van der Waals surface area contributed by atoms with Crippen LogP contribution in [0.15, 0.2) is 11.8 Å². The SMILES string of the molecule is CCOC(=O)C(OC(C)=O)/C(=C\C1CC1)[N+](=O)[O-]. The lowest BCUT2D eigenvalue weighted by Gasteiger charge is -2.13. The summed E-state index contributed by atoms with van der Waals surface area (Å²) in [5.41, 5.74) is -0.425. The first kappa shape index (κ1) is 14.1. The molecule has 0 bridgehead atoms. The topological polar surface area (TPSA) is 95.7 Å². The van der Waals surface area contributed by atoms with Gasteiger partial charge in [0.1, 0.15) is 0 Å². The zero-order valence-electron chi connectivity index (χ0n) is 10.3. The van der Waals surface area contributed by atoms with E-state index in [1.165, 1.54) is 6.08 Å². The number of nitro groups is 1. The van der Waals surface area contributed by atoms with Crippen molar-refractivity contribution in [2.75, 3.05) is 6.61 Å². The van der Waals surface area contributed by atoms with Gasteiger partial charge in [-0.05, 0) is 31.8 Å². The Morgan fingerprint density at radius 2 is 2.11 bits per heavy atom. The zero-order valence-corrected chi connectivity index (χ0v) is 10.3. The highest BCUT2D eigenvalue weighted by Gasteiger charge is 2.38. The van der Waals surface area contributed by atoms with E-state index in [1.54, 1.807) is 6.92 Å². The van der Waals surface area contributed by atoms with Crippen molar-refractivity contribution in [3.63, 3.8) is 0 Å². The van der Waals surface area contributed by atoms with Crippen LogP contribution in [0.2, 0.25) is 0 Å². The van der Waals surface area contributed by atoms with Crippen LogP contribution >= 0.6 is 0 Å². The summed E-state index contributed by atoms with van der Waals surface area (Å²) in [5, 5.41) is 10.9. The van der Waals surface area contributed by atoms with Crippen LogP contribution in [0.4, 0.5) is 0 Å². The highest BCUT2D eigenvalue weighted by Crippen LogP contribution is 2.32. The van der Waals surface area contributed by atoms with Crippen molar-refractivity contribution in [2.24, 2.45) is 5.92 Å². The van der Waals surface area contributed by atoms with E-state index in [2.05, 4.69) is 4.74 Å². The van der Waals surface area contributed by atoms with Gasteiger partial charge in [-0.1, -0.05) is 0 Å². The highest BCUT2D eigenvalue weighted by atomic mass is 16.6. The van der Waals surface area contributed by atoms with Crippen LogP contribution in [0.25, 0.3) is 0 Å². The summed E-state index contributed by atoms with van der Waals surface area (Å²) >= 11 is 0. The van der Waals surface area contributed by atoms with E-state index in [4.69, 9.17) is 4.74 Å².